The van der Waals surface area contributed by atoms with Crippen molar-refractivity contribution >= 4 is 41.5 Å². The molecule has 2 bridgehead atoms. The molecule has 5 fully saturated rings. The minimum atomic E-state index is -2.50. The molecule has 0 spiro atoms. The van der Waals surface area contributed by atoms with Gasteiger partial charge in [0.2, 0.25) is 5.79 Å². The van der Waals surface area contributed by atoms with E-state index in [1.54, 1.807) is 68.6 Å². The molecule has 1 amide bonds. The summed E-state index contributed by atoms with van der Waals surface area (Å²) in [5.74, 6) is -10.9. The third-order valence-corrected chi connectivity index (χ3v) is 17.8. The van der Waals surface area contributed by atoms with Gasteiger partial charge in [0.1, 0.15) is 49.5 Å². The molecular formula is C65H99NO21. The average molecular weight is 1230 g/mol. The second kappa shape index (κ2) is 32.2. The van der Waals surface area contributed by atoms with Crippen molar-refractivity contribution in [1.29, 1.82) is 0 Å². The number of methoxy groups -OCH3 is 3. The predicted molar refractivity (Wildman–Crippen MR) is 315 cm³/mol. The Hall–Kier alpha value is -4.91. The minimum Gasteiger partial charge on any atom is -0.460 e. The Bertz CT molecular complexity index is 2490. The van der Waals surface area contributed by atoms with Crippen LogP contribution >= 0.6 is 0 Å². The number of cyclic esters (lactones) is 1. The monoisotopic (exact) mass is 1230 g/mol. The van der Waals surface area contributed by atoms with E-state index in [1.165, 1.54) is 14.2 Å². The smallest absolute Gasteiger partial charge is 0.460 e. The fourth-order valence-corrected chi connectivity index (χ4v) is 12.7. The second-order valence-electron chi connectivity index (χ2n) is 25.8. The van der Waals surface area contributed by atoms with Crippen molar-refractivity contribution in [3.05, 3.63) is 47.6 Å². The van der Waals surface area contributed by atoms with E-state index in [2.05, 4.69) is 0 Å². The molecule has 1 aliphatic carbocycles. The number of ketones is 3. The highest BCUT2D eigenvalue weighted by molar-refractivity contribution is 6.39. The van der Waals surface area contributed by atoms with Crippen molar-refractivity contribution in [2.24, 2.45) is 35.5 Å². The van der Waals surface area contributed by atoms with Crippen molar-refractivity contribution in [3.63, 3.8) is 0 Å². The van der Waals surface area contributed by atoms with E-state index in [9.17, 15) is 38.7 Å². The lowest BCUT2D eigenvalue weighted by Crippen LogP contribution is -2.61. The maximum absolute atomic E-state index is 14.8. The lowest BCUT2D eigenvalue weighted by atomic mass is 9.78. The molecule has 0 radical (unpaired) electrons. The highest BCUT2D eigenvalue weighted by Gasteiger charge is 2.53. The minimum absolute atomic E-state index is 0.0234. The molecule has 17 atom stereocenters. The number of hydrogen-bond acceptors (Lipinski definition) is 21. The zero-order valence-corrected chi connectivity index (χ0v) is 53.8. The highest BCUT2D eigenvalue weighted by atomic mass is 16.8. The number of carbonyl (C=O) groups is 7. The van der Waals surface area contributed by atoms with E-state index in [1.807, 2.05) is 51.2 Å². The molecule has 6 rings (SSSR count). The SMILES string of the molecule is CO[C@H]1CC2CC[C@@H](C)[C@@](O)(O2)C(=O)C(=O)N2CCCCC2C(=O)O[C@H]([C@H](C)C[C@@H]2CC[C@@H](OC(=O)OCC3COC(C)(C)O3)[C@H](OC)C2)CC(=O)[C@H](C)/C=C(\C)[C@@H](OC(=O)OCC2COC(C)(C)O2)[C@@H](OC)C(=O)[C@H](C)C[C@H](C)/C=C/C=C/C=C/1C. The predicted octanol–water partition coefficient (Wildman–Crippen LogP) is 8.81. The van der Waals surface area contributed by atoms with Crippen molar-refractivity contribution in [2.45, 2.75) is 232 Å². The molecule has 490 valence electrons. The summed E-state index contributed by atoms with van der Waals surface area (Å²) in [6.45, 7) is 19.7. The van der Waals surface area contributed by atoms with Crippen molar-refractivity contribution in [2.75, 3.05) is 54.3 Å². The summed E-state index contributed by atoms with van der Waals surface area (Å²) in [5.41, 5.74) is 1.15. The van der Waals surface area contributed by atoms with Gasteiger partial charge in [-0.1, -0.05) is 71.1 Å². The molecule has 0 aromatic heterocycles. The van der Waals surface area contributed by atoms with E-state index in [0.717, 1.165) is 10.5 Å². The molecule has 5 aliphatic heterocycles. The standard InChI is InChI=1S/C65H99NO21/c1-38-20-16-15-17-21-39(2)52(75-12)32-46-25-23-44(7)65(74,87-46)58(69)59(70)66-27-19-18-22-49(66)60(71)82-53(41(4)30-45-24-26-51(54(31-45)76-13)83-61(72)78-34-47-36-80-63(8,9)85-47)33-50(67)40(3)29-43(6)56(57(77-14)55(68)42(5)28-38)84-62(73)79-35-48-37-81-64(10,11)86-48/h15-17,20-21,29,38,40-42,44-49,51-54,56-57,74H,18-19,22-28,30-37H2,1-14H3/b17-15+,20-16+,39-21+,43-29+/t38-,40-,41-,42-,44-,45+,46?,47?,48?,49?,51-,52+,53+,54-,56-,57+,65-/m1/s1. The molecule has 6 aliphatic rings. The topological polar surface area (TPSA) is 263 Å². The van der Waals surface area contributed by atoms with Crippen LogP contribution in [0.4, 0.5) is 9.59 Å². The third kappa shape index (κ3) is 20.0. The first-order valence-corrected chi connectivity index (χ1v) is 31.2. The number of allylic oxidation sites excluding steroid dienone is 6. The van der Waals surface area contributed by atoms with Crippen LogP contribution in [0.3, 0.4) is 0 Å². The lowest BCUT2D eigenvalue weighted by Gasteiger charge is -2.42. The maximum Gasteiger partial charge on any atom is 0.509 e. The molecule has 1 saturated carbocycles. The normalized spacial score (nSPS) is 37.7. The fraction of sp³-hybridized carbons (Fsp3) is 0.769. The Morgan fingerprint density at radius 3 is 1.99 bits per heavy atom. The Kier molecular flexibility index (Phi) is 26.3. The highest BCUT2D eigenvalue weighted by Crippen LogP contribution is 2.39. The zero-order valence-electron chi connectivity index (χ0n) is 53.8. The van der Waals surface area contributed by atoms with E-state index in [4.69, 9.17) is 61.6 Å². The van der Waals surface area contributed by atoms with Crippen LogP contribution < -0.4 is 0 Å². The quantitative estimate of drug-likeness (QED) is 0.0828. The summed E-state index contributed by atoms with van der Waals surface area (Å²) in [5, 5.41) is 12.1. The van der Waals surface area contributed by atoms with Crippen LogP contribution in [-0.2, 0) is 85.6 Å². The van der Waals surface area contributed by atoms with Crippen molar-refractivity contribution in [3.8, 4) is 0 Å². The number of hydrogen-bond donors (Lipinski definition) is 1. The molecule has 5 heterocycles. The number of Topliss-reactive ketones (excluding diaryl/α,β-unsaturated/α-hetero) is 3. The van der Waals surface area contributed by atoms with E-state index in [0.29, 0.717) is 63.4 Å². The summed E-state index contributed by atoms with van der Waals surface area (Å²) in [6.07, 6.45) is 6.27. The first kappa shape index (κ1) is 71.2. The molecule has 4 saturated heterocycles. The number of esters is 1. The van der Waals surface area contributed by atoms with Gasteiger partial charge in [-0.3, -0.25) is 19.2 Å². The van der Waals surface area contributed by atoms with Crippen LogP contribution in [-0.4, -0.2) is 184 Å². The van der Waals surface area contributed by atoms with Gasteiger partial charge in [0.05, 0.1) is 31.5 Å². The van der Waals surface area contributed by atoms with E-state index < -0.39 is 132 Å². The Morgan fingerprint density at radius 1 is 0.724 bits per heavy atom. The van der Waals surface area contributed by atoms with E-state index >= 15 is 0 Å². The number of amides is 1. The molecule has 0 aromatic carbocycles. The van der Waals surface area contributed by atoms with Gasteiger partial charge in [0, 0.05) is 58.5 Å². The lowest BCUT2D eigenvalue weighted by molar-refractivity contribution is -0.265. The number of carbonyl (C=O) groups excluding carboxylic acids is 7. The molecule has 0 aromatic rings. The molecular weight excluding hydrogens is 1130 g/mol. The largest absolute Gasteiger partial charge is 0.509 e. The van der Waals surface area contributed by atoms with Crippen LogP contribution in [0.1, 0.15) is 153 Å². The summed E-state index contributed by atoms with van der Waals surface area (Å²) in [6, 6.07) is -1.24. The first-order chi connectivity index (χ1) is 41.1. The number of nitrogens with zero attached hydrogens (tertiary/aromatic N) is 1. The van der Waals surface area contributed by atoms with Gasteiger partial charge in [0.15, 0.2) is 29.6 Å². The molecule has 1 N–H and O–H groups in total. The number of rotatable bonds is 12. The molecule has 4 unspecified atom stereocenters. The van der Waals surface area contributed by atoms with Crippen LogP contribution in [0.25, 0.3) is 0 Å². The first-order valence-electron chi connectivity index (χ1n) is 31.2. The average Bonchev–Trinajstić information content (AvgIpc) is 1.70. The third-order valence-electron chi connectivity index (χ3n) is 17.8. The number of aliphatic hydroxyl groups is 1. The van der Waals surface area contributed by atoms with Gasteiger partial charge in [-0.2, -0.15) is 0 Å². The van der Waals surface area contributed by atoms with Gasteiger partial charge in [-0.15, -0.1) is 0 Å². The van der Waals surface area contributed by atoms with Crippen LogP contribution in [0.15, 0.2) is 47.6 Å². The Labute approximate surface area is 513 Å². The van der Waals surface area contributed by atoms with Gasteiger partial charge in [-0.05, 0) is 135 Å². The number of fused-ring (bicyclic) bond motifs is 3. The number of piperidine rings is 1. The maximum atomic E-state index is 14.8. The molecule has 22 nitrogen and oxygen atoms in total. The van der Waals surface area contributed by atoms with Crippen molar-refractivity contribution in [1.82, 2.24) is 4.90 Å². The summed E-state index contributed by atoms with van der Waals surface area (Å²) < 4.78 is 75.7. The molecule has 22 heteroatoms. The second-order valence-corrected chi connectivity index (χ2v) is 25.8. The van der Waals surface area contributed by atoms with Gasteiger partial charge < -0.3 is 71.6 Å². The van der Waals surface area contributed by atoms with Crippen LogP contribution in [0.5, 0.6) is 0 Å². The van der Waals surface area contributed by atoms with Crippen LogP contribution in [0.2, 0.25) is 0 Å². The summed E-state index contributed by atoms with van der Waals surface area (Å²) in [4.78, 5) is 101. The van der Waals surface area contributed by atoms with Gasteiger partial charge in [0.25, 0.3) is 11.7 Å². The summed E-state index contributed by atoms with van der Waals surface area (Å²) in [7, 11) is 4.44. The van der Waals surface area contributed by atoms with Gasteiger partial charge in [-0.25, -0.2) is 14.4 Å². The Morgan fingerprint density at radius 2 is 1.38 bits per heavy atom. The fourth-order valence-electron chi connectivity index (χ4n) is 12.7. The molecule has 87 heavy (non-hydrogen) atoms. The van der Waals surface area contributed by atoms with Crippen molar-refractivity contribution < 1.29 is 100 Å². The van der Waals surface area contributed by atoms with Crippen LogP contribution in [0, 0.1) is 35.5 Å². The summed E-state index contributed by atoms with van der Waals surface area (Å²) >= 11 is 0. The number of ether oxygens (including phenoxy) is 13. The zero-order chi connectivity index (χ0) is 64.0. The van der Waals surface area contributed by atoms with Gasteiger partial charge >= 0.3 is 18.3 Å². The van der Waals surface area contributed by atoms with E-state index in [-0.39, 0.29) is 75.6 Å². The Balaban J connectivity index is 1.30.